The van der Waals surface area contributed by atoms with Gasteiger partial charge in [0.15, 0.2) is 0 Å². The van der Waals surface area contributed by atoms with E-state index in [4.69, 9.17) is 10.5 Å². The molecule has 1 unspecified atom stereocenters. The van der Waals surface area contributed by atoms with Crippen LogP contribution in [0.2, 0.25) is 0 Å². The van der Waals surface area contributed by atoms with Crippen molar-refractivity contribution in [3.05, 3.63) is 28.8 Å². The van der Waals surface area contributed by atoms with Gasteiger partial charge in [-0.25, -0.2) is 0 Å². The molecule has 0 bridgehead atoms. The Balaban J connectivity index is 3.27. The summed E-state index contributed by atoms with van der Waals surface area (Å²) in [7, 11) is 1.73. The quantitative estimate of drug-likeness (QED) is 0.876. The Labute approximate surface area is 118 Å². The van der Waals surface area contributed by atoms with E-state index in [1.54, 1.807) is 7.11 Å². The molecule has 19 heavy (non-hydrogen) atoms. The molecule has 0 amide bonds. The zero-order valence-corrected chi connectivity index (χ0v) is 13.5. The summed E-state index contributed by atoms with van der Waals surface area (Å²) in [5, 5.41) is 0. The van der Waals surface area contributed by atoms with Crippen LogP contribution in [0.15, 0.2) is 12.1 Å². The zero-order chi connectivity index (χ0) is 14.8. The van der Waals surface area contributed by atoms with Crippen LogP contribution >= 0.6 is 0 Å². The molecular weight excluding hydrogens is 234 g/mol. The maximum atomic E-state index is 6.36. The standard InChI is InChI=1S/C17H29NO/c1-11(2)8-15(18)13-10-14(17(4,5)6)16(19-7)9-12(13)3/h9-11,15H,8,18H2,1-7H3. The molecule has 0 aliphatic rings. The predicted octanol–water partition coefficient (Wildman–Crippen LogP) is 4.35. The first-order valence-electron chi connectivity index (χ1n) is 7.11. The van der Waals surface area contributed by atoms with Crippen molar-refractivity contribution < 1.29 is 4.74 Å². The Hall–Kier alpha value is -1.02. The van der Waals surface area contributed by atoms with E-state index >= 15 is 0 Å². The van der Waals surface area contributed by atoms with Gasteiger partial charge in [-0.2, -0.15) is 0 Å². The molecule has 2 nitrogen and oxygen atoms in total. The minimum atomic E-state index is 0.0609. The van der Waals surface area contributed by atoms with Gasteiger partial charge in [0.2, 0.25) is 0 Å². The molecule has 108 valence electrons. The van der Waals surface area contributed by atoms with E-state index < -0.39 is 0 Å². The topological polar surface area (TPSA) is 35.2 Å². The van der Waals surface area contributed by atoms with Crippen LogP contribution in [0, 0.1) is 12.8 Å². The predicted molar refractivity (Wildman–Crippen MR) is 82.8 cm³/mol. The van der Waals surface area contributed by atoms with Crippen molar-refractivity contribution in [3.8, 4) is 5.75 Å². The zero-order valence-electron chi connectivity index (χ0n) is 13.5. The molecule has 0 saturated carbocycles. The Morgan fingerprint density at radius 2 is 1.79 bits per heavy atom. The summed E-state index contributed by atoms with van der Waals surface area (Å²) in [6, 6.07) is 4.46. The fourth-order valence-corrected chi connectivity index (χ4v) is 2.49. The summed E-state index contributed by atoms with van der Waals surface area (Å²) >= 11 is 0. The van der Waals surface area contributed by atoms with E-state index in [0.717, 1.165) is 12.2 Å². The summed E-state index contributed by atoms with van der Waals surface area (Å²) in [5.74, 6) is 1.57. The first-order valence-corrected chi connectivity index (χ1v) is 7.11. The summed E-state index contributed by atoms with van der Waals surface area (Å²) < 4.78 is 5.53. The highest BCUT2D eigenvalue weighted by molar-refractivity contribution is 5.46. The lowest BCUT2D eigenvalue weighted by Crippen LogP contribution is -2.18. The number of benzene rings is 1. The molecule has 2 N–H and O–H groups in total. The van der Waals surface area contributed by atoms with Crippen LogP contribution in [-0.4, -0.2) is 7.11 Å². The Morgan fingerprint density at radius 1 is 1.21 bits per heavy atom. The van der Waals surface area contributed by atoms with E-state index in [0.29, 0.717) is 5.92 Å². The van der Waals surface area contributed by atoms with Gasteiger partial charge in [-0.05, 0) is 53.5 Å². The summed E-state index contributed by atoms with van der Waals surface area (Å²) in [6.45, 7) is 13.2. The van der Waals surface area contributed by atoms with Gasteiger partial charge < -0.3 is 10.5 Å². The summed E-state index contributed by atoms with van der Waals surface area (Å²) in [5.41, 5.74) is 10.1. The van der Waals surface area contributed by atoms with Gasteiger partial charge in [0.1, 0.15) is 5.75 Å². The molecule has 0 saturated heterocycles. The van der Waals surface area contributed by atoms with Crippen molar-refractivity contribution in [2.24, 2.45) is 11.7 Å². The van der Waals surface area contributed by atoms with Crippen molar-refractivity contribution in [1.29, 1.82) is 0 Å². The van der Waals surface area contributed by atoms with Gasteiger partial charge in [-0.1, -0.05) is 34.6 Å². The highest BCUT2D eigenvalue weighted by atomic mass is 16.5. The Morgan fingerprint density at radius 3 is 2.21 bits per heavy atom. The molecule has 1 aromatic rings. The first kappa shape index (κ1) is 16.0. The van der Waals surface area contributed by atoms with E-state index in [2.05, 4.69) is 53.7 Å². The molecule has 2 heteroatoms. The highest BCUT2D eigenvalue weighted by Crippen LogP contribution is 2.35. The average Bonchev–Trinajstić information content (AvgIpc) is 2.25. The van der Waals surface area contributed by atoms with Gasteiger partial charge >= 0.3 is 0 Å². The van der Waals surface area contributed by atoms with Gasteiger partial charge in [0.25, 0.3) is 0 Å². The van der Waals surface area contributed by atoms with Gasteiger partial charge in [0, 0.05) is 6.04 Å². The Bertz CT molecular complexity index is 430. The molecule has 0 aromatic heterocycles. The van der Waals surface area contributed by atoms with Crippen LogP contribution in [-0.2, 0) is 5.41 Å². The molecule has 0 aliphatic carbocycles. The molecule has 0 spiro atoms. The Kier molecular flexibility index (Phi) is 5.03. The number of rotatable bonds is 4. The number of methoxy groups -OCH3 is 1. The maximum absolute atomic E-state index is 6.36. The van der Waals surface area contributed by atoms with Crippen molar-refractivity contribution in [1.82, 2.24) is 0 Å². The minimum Gasteiger partial charge on any atom is -0.496 e. The average molecular weight is 263 g/mol. The summed E-state index contributed by atoms with van der Waals surface area (Å²) in [4.78, 5) is 0. The number of aryl methyl sites for hydroxylation is 1. The largest absolute Gasteiger partial charge is 0.496 e. The van der Waals surface area contributed by atoms with Gasteiger partial charge in [-0.15, -0.1) is 0 Å². The lowest BCUT2D eigenvalue weighted by molar-refractivity contribution is 0.396. The third kappa shape index (κ3) is 3.97. The SMILES string of the molecule is COc1cc(C)c(C(N)CC(C)C)cc1C(C)(C)C. The second kappa shape index (κ2) is 5.96. The van der Waals surface area contributed by atoms with Crippen molar-refractivity contribution in [3.63, 3.8) is 0 Å². The number of nitrogens with two attached hydrogens (primary N) is 1. The van der Waals surface area contributed by atoms with E-state index in [1.165, 1.54) is 16.7 Å². The maximum Gasteiger partial charge on any atom is 0.122 e. The molecule has 0 fully saturated rings. The van der Waals surface area contributed by atoms with Crippen LogP contribution in [0.1, 0.15) is 63.8 Å². The van der Waals surface area contributed by atoms with Crippen LogP contribution in [0.4, 0.5) is 0 Å². The molecule has 0 aliphatic heterocycles. The molecule has 0 heterocycles. The highest BCUT2D eigenvalue weighted by Gasteiger charge is 2.22. The van der Waals surface area contributed by atoms with E-state index in [9.17, 15) is 0 Å². The second-order valence-electron chi connectivity index (χ2n) is 6.90. The van der Waals surface area contributed by atoms with Crippen molar-refractivity contribution >= 4 is 0 Å². The van der Waals surface area contributed by atoms with Crippen LogP contribution < -0.4 is 10.5 Å². The fourth-order valence-electron chi connectivity index (χ4n) is 2.49. The van der Waals surface area contributed by atoms with E-state index in [-0.39, 0.29) is 11.5 Å². The number of ether oxygens (including phenoxy) is 1. The number of hydrogen-bond acceptors (Lipinski definition) is 2. The van der Waals surface area contributed by atoms with Crippen molar-refractivity contribution in [2.75, 3.05) is 7.11 Å². The third-order valence-corrected chi connectivity index (χ3v) is 3.52. The van der Waals surface area contributed by atoms with Gasteiger partial charge in [-0.3, -0.25) is 0 Å². The van der Waals surface area contributed by atoms with Crippen molar-refractivity contribution in [2.45, 2.75) is 59.4 Å². The first-order chi connectivity index (χ1) is 8.66. The third-order valence-electron chi connectivity index (χ3n) is 3.52. The molecule has 1 rings (SSSR count). The fraction of sp³-hybridized carbons (Fsp3) is 0.647. The summed E-state index contributed by atoms with van der Waals surface area (Å²) in [6.07, 6.45) is 1.01. The lowest BCUT2D eigenvalue weighted by Gasteiger charge is -2.26. The van der Waals surface area contributed by atoms with Crippen LogP contribution in [0.5, 0.6) is 5.75 Å². The number of hydrogen-bond donors (Lipinski definition) is 1. The monoisotopic (exact) mass is 263 g/mol. The lowest BCUT2D eigenvalue weighted by atomic mass is 9.82. The van der Waals surface area contributed by atoms with E-state index in [1.807, 2.05) is 0 Å². The molecule has 0 radical (unpaired) electrons. The smallest absolute Gasteiger partial charge is 0.122 e. The van der Waals surface area contributed by atoms with Gasteiger partial charge in [0.05, 0.1) is 7.11 Å². The van der Waals surface area contributed by atoms with Crippen LogP contribution in [0.25, 0.3) is 0 Å². The normalized spacial score (nSPS) is 13.7. The second-order valence-corrected chi connectivity index (χ2v) is 6.90. The molecule has 1 aromatic carbocycles. The minimum absolute atomic E-state index is 0.0609. The molecule has 1 atom stereocenters. The molecular formula is C17H29NO. The van der Waals surface area contributed by atoms with Crippen LogP contribution in [0.3, 0.4) is 0 Å².